The lowest BCUT2D eigenvalue weighted by atomic mass is 10.2. The van der Waals surface area contributed by atoms with E-state index in [0.717, 1.165) is 49.2 Å². The third-order valence-corrected chi connectivity index (χ3v) is 5.57. The molecular weight excluding hydrogens is 386 g/mol. The highest BCUT2D eigenvalue weighted by atomic mass is 15.2. The van der Waals surface area contributed by atoms with Gasteiger partial charge in [0, 0.05) is 50.0 Å². The fourth-order valence-electron chi connectivity index (χ4n) is 3.82. The molecule has 1 unspecified atom stereocenters. The van der Waals surface area contributed by atoms with Crippen molar-refractivity contribution in [3.05, 3.63) is 71.9 Å². The molecule has 31 heavy (non-hydrogen) atoms. The second-order valence-corrected chi connectivity index (χ2v) is 7.98. The Kier molecular flexibility index (Phi) is 6.50. The van der Waals surface area contributed by atoms with Gasteiger partial charge in [-0.25, -0.2) is 15.0 Å². The SMILES string of the molecule is CCNC(=NCc1ccc(-n2ccnc2C)nc1)NC1CCN(c2ccc(C)cc2)C1. The van der Waals surface area contributed by atoms with Crippen molar-refractivity contribution in [2.24, 2.45) is 4.99 Å². The smallest absolute Gasteiger partial charge is 0.191 e. The van der Waals surface area contributed by atoms with Gasteiger partial charge in [-0.3, -0.25) is 4.57 Å². The fraction of sp³-hybridized carbons (Fsp3) is 0.375. The van der Waals surface area contributed by atoms with Crippen LogP contribution in [0.15, 0.2) is 60.0 Å². The summed E-state index contributed by atoms with van der Waals surface area (Å²) in [5.41, 5.74) is 3.66. The molecule has 0 spiro atoms. The minimum Gasteiger partial charge on any atom is -0.369 e. The molecule has 0 bridgehead atoms. The molecule has 1 aromatic carbocycles. The molecule has 0 amide bonds. The first-order valence-corrected chi connectivity index (χ1v) is 10.9. The Morgan fingerprint density at radius 2 is 1.97 bits per heavy atom. The third-order valence-electron chi connectivity index (χ3n) is 5.57. The Balaban J connectivity index is 1.36. The van der Waals surface area contributed by atoms with E-state index < -0.39 is 0 Å². The van der Waals surface area contributed by atoms with Gasteiger partial charge in [-0.05, 0) is 51.0 Å². The zero-order valence-corrected chi connectivity index (χ0v) is 18.5. The molecule has 7 heteroatoms. The Bertz CT molecular complexity index is 1010. The van der Waals surface area contributed by atoms with Crippen LogP contribution in [-0.4, -0.2) is 46.2 Å². The van der Waals surface area contributed by atoms with Gasteiger partial charge in [0.1, 0.15) is 11.6 Å². The average molecular weight is 418 g/mol. The number of guanidine groups is 1. The molecule has 162 valence electrons. The number of aryl methyl sites for hydroxylation is 2. The number of benzene rings is 1. The highest BCUT2D eigenvalue weighted by Gasteiger charge is 2.23. The summed E-state index contributed by atoms with van der Waals surface area (Å²) in [6, 6.07) is 13.2. The van der Waals surface area contributed by atoms with Gasteiger partial charge in [-0.1, -0.05) is 23.8 Å². The van der Waals surface area contributed by atoms with Crippen LogP contribution in [0.1, 0.15) is 30.3 Å². The van der Waals surface area contributed by atoms with Crippen molar-refractivity contribution in [2.45, 2.75) is 39.8 Å². The van der Waals surface area contributed by atoms with E-state index in [9.17, 15) is 0 Å². The first kappa shape index (κ1) is 20.9. The fourth-order valence-corrected chi connectivity index (χ4v) is 3.82. The van der Waals surface area contributed by atoms with Crippen LogP contribution in [0.3, 0.4) is 0 Å². The van der Waals surface area contributed by atoms with E-state index in [1.54, 1.807) is 6.20 Å². The Morgan fingerprint density at radius 1 is 1.13 bits per heavy atom. The van der Waals surface area contributed by atoms with Crippen molar-refractivity contribution in [2.75, 3.05) is 24.5 Å². The molecule has 0 radical (unpaired) electrons. The molecule has 0 saturated carbocycles. The minimum atomic E-state index is 0.379. The van der Waals surface area contributed by atoms with Crippen molar-refractivity contribution < 1.29 is 0 Å². The number of nitrogens with zero attached hydrogens (tertiary/aromatic N) is 5. The molecule has 3 aromatic rings. The quantitative estimate of drug-likeness (QED) is 0.476. The van der Waals surface area contributed by atoms with Crippen molar-refractivity contribution in [3.8, 4) is 5.82 Å². The molecular formula is C24H31N7. The van der Waals surface area contributed by atoms with Gasteiger partial charge in [-0.2, -0.15) is 0 Å². The predicted molar refractivity (Wildman–Crippen MR) is 126 cm³/mol. The highest BCUT2D eigenvalue weighted by Crippen LogP contribution is 2.20. The highest BCUT2D eigenvalue weighted by molar-refractivity contribution is 5.80. The lowest BCUT2D eigenvalue weighted by molar-refractivity contribution is 0.649. The van der Waals surface area contributed by atoms with Crippen molar-refractivity contribution in [3.63, 3.8) is 0 Å². The van der Waals surface area contributed by atoms with E-state index in [1.165, 1.54) is 11.3 Å². The topological polar surface area (TPSA) is 70.4 Å². The second-order valence-electron chi connectivity index (χ2n) is 7.98. The van der Waals surface area contributed by atoms with Gasteiger partial charge < -0.3 is 15.5 Å². The maximum absolute atomic E-state index is 4.78. The lowest BCUT2D eigenvalue weighted by Crippen LogP contribution is -2.44. The first-order valence-electron chi connectivity index (χ1n) is 10.9. The van der Waals surface area contributed by atoms with Crippen LogP contribution in [0, 0.1) is 13.8 Å². The van der Waals surface area contributed by atoms with E-state index in [2.05, 4.69) is 69.7 Å². The minimum absolute atomic E-state index is 0.379. The van der Waals surface area contributed by atoms with E-state index in [-0.39, 0.29) is 0 Å². The van der Waals surface area contributed by atoms with Crippen LogP contribution in [-0.2, 0) is 6.54 Å². The summed E-state index contributed by atoms with van der Waals surface area (Å²) in [6.07, 6.45) is 6.69. The van der Waals surface area contributed by atoms with E-state index in [4.69, 9.17) is 4.99 Å². The first-order chi connectivity index (χ1) is 15.1. The third kappa shape index (κ3) is 5.23. The summed E-state index contributed by atoms with van der Waals surface area (Å²) in [4.78, 5) is 16.0. The zero-order valence-electron chi connectivity index (χ0n) is 18.5. The lowest BCUT2D eigenvalue weighted by Gasteiger charge is -2.20. The monoisotopic (exact) mass is 417 g/mol. The molecule has 1 aliphatic heterocycles. The van der Waals surface area contributed by atoms with Gasteiger partial charge in [0.15, 0.2) is 5.96 Å². The van der Waals surface area contributed by atoms with Gasteiger partial charge >= 0.3 is 0 Å². The normalized spacial score (nSPS) is 16.5. The summed E-state index contributed by atoms with van der Waals surface area (Å²) in [7, 11) is 0. The average Bonchev–Trinajstić information content (AvgIpc) is 3.42. The van der Waals surface area contributed by atoms with Gasteiger partial charge in [0.05, 0.1) is 6.54 Å². The number of rotatable bonds is 6. The number of anilines is 1. The summed E-state index contributed by atoms with van der Waals surface area (Å²) in [5, 5.41) is 6.97. The number of aromatic nitrogens is 3. The summed E-state index contributed by atoms with van der Waals surface area (Å²) in [5.74, 6) is 2.65. The Hall–Kier alpha value is -3.35. The summed E-state index contributed by atoms with van der Waals surface area (Å²) < 4.78 is 1.97. The van der Waals surface area contributed by atoms with Crippen LogP contribution < -0.4 is 15.5 Å². The molecule has 4 rings (SSSR count). The van der Waals surface area contributed by atoms with Gasteiger partial charge in [0.25, 0.3) is 0 Å². The van der Waals surface area contributed by atoms with E-state index in [1.807, 2.05) is 30.0 Å². The maximum atomic E-state index is 4.78. The standard InChI is InChI=1S/C24H31N7/c1-4-25-24(29-21-11-13-30(17-21)22-8-5-18(2)6-9-22)28-16-20-7-10-23(27-15-20)31-14-12-26-19(31)3/h5-10,12,14-15,21H,4,11,13,16-17H2,1-3H3,(H2,25,28,29). The zero-order chi connectivity index (χ0) is 21.6. The number of pyridine rings is 1. The van der Waals surface area contributed by atoms with Crippen LogP contribution >= 0.6 is 0 Å². The van der Waals surface area contributed by atoms with Gasteiger partial charge in [0.2, 0.25) is 0 Å². The number of hydrogen-bond donors (Lipinski definition) is 2. The van der Waals surface area contributed by atoms with Crippen molar-refractivity contribution in [1.29, 1.82) is 0 Å². The molecule has 1 aliphatic rings. The number of imidazole rings is 1. The van der Waals surface area contributed by atoms with Crippen LogP contribution in [0.25, 0.3) is 5.82 Å². The van der Waals surface area contributed by atoms with Gasteiger partial charge in [-0.15, -0.1) is 0 Å². The molecule has 3 heterocycles. The summed E-state index contributed by atoms with van der Waals surface area (Å²) >= 11 is 0. The number of aliphatic imine (C=N–C) groups is 1. The van der Waals surface area contributed by atoms with Crippen LogP contribution in [0.5, 0.6) is 0 Å². The largest absolute Gasteiger partial charge is 0.369 e. The van der Waals surface area contributed by atoms with Crippen molar-refractivity contribution >= 4 is 11.6 Å². The molecule has 1 atom stereocenters. The van der Waals surface area contributed by atoms with Crippen molar-refractivity contribution in [1.82, 2.24) is 25.2 Å². The number of hydrogen-bond acceptors (Lipinski definition) is 4. The molecule has 2 aromatic heterocycles. The predicted octanol–water partition coefficient (Wildman–Crippen LogP) is 3.22. The molecule has 0 aliphatic carbocycles. The maximum Gasteiger partial charge on any atom is 0.191 e. The molecule has 1 saturated heterocycles. The van der Waals surface area contributed by atoms with E-state index in [0.29, 0.717) is 12.6 Å². The Morgan fingerprint density at radius 3 is 2.65 bits per heavy atom. The number of nitrogens with one attached hydrogen (secondary N) is 2. The summed E-state index contributed by atoms with van der Waals surface area (Å²) in [6.45, 7) is 9.63. The Labute approximate surface area is 184 Å². The molecule has 1 fully saturated rings. The molecule has 7 nitrogen and oxygen atoms in total. The van der Waals surface area contributed by atoms with E-state index >= 15 is 0 Å². The van der Waals surface area contributed by atoms with Crippen LogP contribution in [0.2, 0.25) is 0 Å². The second kappa shape index (κ2) is 9.64. The van der Waals surface area contributed by atoms with Crippen LogP contribution in [0.4, 0.5) is 5.69 Å². The molecule has 2 N–H and O–H groups in total.